The van der Waals surface area contributed by atoms with Gasteiger partial charge < -0.3 is 5.32 Å². The van der Waals surface area contributed by atoms with E-state index >= 15 is 0 Å². The van der Waals surface area contributed by atoms with Crippen molar-refractivity contribution in [2.45, 2.75) is 18.3 Å². The molecule has 196 valence electrons. The van der Waals surface area contributed by atoms with Gasteiger partial charge >= 0.3 is 12.4 Å². The van der Waals surface area contributed by atoms with Crippen molar-refractivity contribution in [2.24, 2.45) is 0 Å². The number of anilines is 1. The molecule has 0 aliphatic rings. The summed E-state index contributed by atoms with van der Waals surface area (Å²) in [7, 11) is 0. The summed E-state index contributed by atoms with van der Waals surface area (Å²) in [6, 6.07) is 6.41. The Morgan fingerprint density at radius 1 is 0.946 bits per heavy atom. The van der Waals surface area contributed by atoms with E-state index in [1.54, 1.807) is 0 Å². The molecule has 0 saturated carbocycles. The standard InChI is InChI=1S/C24H14Cl3F7N2O/c25-18-8-13(9-19(26)22(18)27)16(23(29,30)31)10-20(28)12-1-2-15(17(7-12)24(32,33)34)21(37)11-36-14-3-5-35-6-4-14/h1-10,16H,11H2,(H,35,36)/b20-10-. The largest absolute Gasteiger partial charge is 0.417 e. The summed E-state index contributed by atoms with van der Waals surface area (Å²) >= 11 is 17.3. The minimum atomic E-state index is -5.10. The second-order valence-electron chi connectivity index (χ2n) is 7.60. The molecule has 3 aromatic rings. The number of benzene rings is 2. The fourth-order valence-electron chi connectivity index (χ4n) is 3.29. The second kappa shape index (κ2) is 11.3. The lowest BCUT2D eigenvalue weighted by molar-refractivity contribution is -0.140. The maximum Gasteiger partial charge on any atom is 0.417 e. The molecule has 1 atom stereocenters. The van der Waals surface area contributed by atoms with Gasteiger partial charge in [0.15, 0.2) is 5.78 Å². The predicted octanol–water partition coefficient (Wildman–Crippen LogP) is 9.01. The van der Waals surface area contributed by atoms with Crippen LogP contribution in [-0.2, 0) is 6.18 Å². The summed E-state index contributed by atoms with van der Waals surface area (Å²) in [6.45, 7) is -0.529. The number of ketones is 1. The molecule has 13 heteroatoms. The number of aromatic nitrogens is 1. The van der Waals surface area contributed by atoms with E-state index in [0.717, 1.165) is 18.2 Å². The molecule has 3 rings (SSSR count). The summed E-state index contributed by atoms with van der Waals surface area (Å²) in [5.41, 5.74) is -3.26. The molecule has 0 radical (unpaired) electrons. The molecule has 3 nitrogen and oxygen atoms in total. The van der Waals surface area contributed by atoms with Crippen LogP contribution in [0.1, 0.15) is 33.0 Å². The van der Waals surface area contributed by atoms with Crippen LogP contribution in [-0.4, -0.2) is 23.5 Å². The van der Waals surface area contributed by atoms with Crippen LogP contribution in [0.3, 0.4) is 0 Å². The van der Waals surface area contributed by atoms with E-state index in [1.165, 1.54) is 24.5 Å². The Morgan fingerprint density at radius 2 is 1.54 bits per heavy atom. The Labute approximate surface area is 220 Å². The quantitative estimate of drug-likeness (QED) is 0.171. The van der Waals surface area contributed by atoms with Crippen molar-refractivity contribution in [1.82, 2.24) is 4.98 Å². The molecule has 1 unspecified atom stereocenters. The average molecular weight is 586 g/mol. The SMILES string of the molecule is O=C(CNc1ccncc1)c1ccc(/C(F)=C/C(c2cc(Cl)c(Cl)c(Cl)c2)C(F)(F)F)cc1C(F)(F)F. The van der Waals surface area contributed by atoms with E-state index in [9.17, 15) is 35.5 Å². The highest BCUT2D eigenvalue weighted by Gasteiger charge is 2.41. The van der Waals surface area contributed by atoms with E-state index in [-0.39, 0.29) is 27.2 Å². The normalized spacial score (nSPS) is 13.4. The number of halogens is 10. The van der Waals surface area contributed by atoms with Crippen LogP contribution in [0.25, 0.3) is 5.83 Å². The van der Waals surface area contributed by atoms with E-state index < -0.39 is 58.7 Å². The van der Waals surface area contributed by atoms with E-state index in [4.69, 9.17) is 34.8 Å². The second-order valence-corrected chi connectivity index (χ2v) is 8.80. The first kappa shape index (κ1) is 28.7. The van der Waals surface area contributed by atoms with Gasteiger partial charge in [0.1, 0.15) is 11.7 Å². The first-order valence-corrected chi connectivity index (χ1v) is 11.3. The van der Waals surface area contributed by atoms with E-state index in [2.05, 4.69) is 10.3 Å². The van der Waals surface area contributed by atoms with Crippen LogP contribution in [0.15, 0.2) is 60.9 Å². The van der Waals surface area contributed by atoms with E-state index in [0.29, 0.717) is 11.8 Å². The van der Waals surface area contributed by atoms with Crippen molar-refractivity contribution in [3.05, 3.63) is 98.3 Å². The van der Waals surface area contributed by atoms with Gasteiger partial charge in [-0.25, -0.2) is 4.39 Å². The van der Waals surface area contributed by atoms with Crippen molar-refractivity contribution in [3.63, 3.8) is 0 Å². The third kappa shape index (κ3) is 7.15. The average Bonchev–Trinajstić information content (AvgIpc) is 2.83. The number of rotatable bonds is 7. The number of Topliss-reactive ketones (excluding diaryl/α,β-unsaturated/α-hetero) is 1. The van der Waals surface area contributed by atoms with Gasteiger partial charge in [-0.3, -0.25) is 9.78 Å². The molecule has 2 aromatic carbocycles. The zero-order valence-electron chi connectivity index (χ0n) is 18.2. The summed E-state index contributed by atoms with van der Waals surface area (Å²) < 4.78 is 97.3. The molecule has 0 aliphatic heterocycles. The Bertz CT molecular complexity index is 1300. The smallest absolute Gasteiger partial charge is 0.377 e. The van der Waals surface area contributed by atoms with Gasteiger partial charge in [0.2, 0.25) is 0 Å². The molecule has 0 amide bonds. The molecular formula is C24H14Cl3F7N2O. The Balaban J connectivity index is 1.99. The summed E-state index contributed by atoms with van der Waals surface area (Å²) in [6.07, 6.45) is -7.26. The predicted molar refractivity (Wildman–Crippen MR) is 128 cm³/mol. The summed E-state index contributed by atoms with van der Waals surface area (Å²) in [5, 5.41) is 1.77. The molecule has 1 N–H and O–H groups in total. The Kier molecular flexibility index (Phi) is 8.77. The number of nitrogens with one attached hydrogen (secondary N) is 1. The minimum Gasteiger partial charge on any atom is -0.377 e. The lowest BCUT2D eigenvalue weighted by Gasteiger charge is -2.19. The van der Waals surface area contributed by atoms with Gasteiger partial charge in [-0.15, -0.1) is 0 Å². The molecule has 0 fully saturated rings. The van der Waals surface area contributed by atoms with Gasteiger partial charge in [0.25, 0.3) is 0 Å². The topological polar surface area (TPSA) is 42.0 Å². The van der Waals surface area contributed by atoms with Crippen molar-refractivity contribution in [1.29, 1.82) is 0 Å². The molecule has 1 aromatic heterocycles. The lowest BCUT2D eigenvalue weighted by atomic mass is 9.95. The molecule has 37 heavy (non-hydrogen) atoms. The number of pyridine rings is 1. The van der Waals surface area contributed by atoms with Crippen LogP contribution in [0.4, 0.5) is 36.4 Å². The minimum absolute atomic E-state index is 0.0951. The Morgan fingerprint density at radius 3 is 2.08 bits per heavy atom. The first-order valence-electron chi connectivity index (χ1n) is 10.2. The van der Waals surface area contributed by atoms with Crippen LogP contribution in [0.2, 0.25) is 15.1 Å². The van der Waals surface area contributed by atoms with Crippen molar-refractivity contribution >= 4 is 52.1 Å². The van der Waals surface area contributed by atoms with Crippen molar-refractivity contribution in [2.75, 3.05) is 11.9 Å². The van der Waals surface area contributed by atoms with Gasteiger partial charge in [-0.1, -0.05) is 46.9 Å². The molecule has 0 saturated heterocycles. The number of hydrogen-bond donors (Lipinski definition) is 1. The lowest BCUT2D eigenvalue weighted by Crippen LogP contribution is -2.20. The van der Waals surface area contributed by atoms with Gasteiger partial charge in [-0.2, -0.15) is 26.3 Å². The third-order valence-electron chi connectivity index (χ3n) is 5.07. The molecule has 0 spiro atoms. The molecule has 0 aliphatic carbocycles. The zero-order valence-corrected chi connectivity index (χ0v) is 20.5. The van der Waals surface area contributed by atoms with Crippen LogP contribution in [0, 0.1) is 0 Å². The number of carbonyl (C=O) groups excluding carboxylic acids is 1. The van der Waals surface area contributed by atoms with Gasteiger partial charge in [0, 0.05) is 29.2 Å². The number of nitrogens with zero attached hydrogens (tertiary/aromatic N) is 1. The van der Waals surface area contributed by atoms with Crippen LogP contribution < -0.4 is 5.32 Å². The first-order chi connectivity index (χ1) is 17.2. The zero-order chi connectivity index (χ0) is 27.5. The molecule has 0 bridgehead atoms. The Hall–Kier alpha value is -2.82. The highest BCUT2D eigenvalue weighted by molar-refractivity contribution is 6.48. The highest BCUT2D eigenvalue weighted by Crippen LogP contribution is 2.42. The monoisotopic (exact) mass is 584 g/mol. The third-order valence-corrected chi connectivity index (χ3v) is 6.26. The number of hydrogen-bond acceptors (Lipinski definition) is 3. The fraction of sp³-hybridized carbons (Fsp3) is 0.167. The highest BCUT2D eigenvalue weighted by atomic mass is 35.5. The van der Waals surface area contributed by atoms with Crippen molar-refractivity contribution < 1.29 is 35.5 Å². The van der Waals surface area contributed by atoms with Gasteiger partial charge in [0.05, 0.1) is 27.2 Å². The summed E-state index contributed by atoms with van der Waals surface area (Å²) in [4.78, 5) is 16.2. The van der Waals surface area contributed by atoms with Crippen LogP contribution >= 0.6 is 34.8 Å². The molecule has 1 heterocycles. The fourth-order valence-corrected chi connectivity index (χ4v) is 3.91. The molecular weight excluding hydrogens is 572 g/mol. The summed E-state index contributed by atoms with van der Waals surface area (Å²) in [5.74, 6) is -5.19. The van der Waals surface area contributed by atoms with Crippen LogP contribution in [0.5, 0.6) is 0 Å². The maximum absolute atomic E-state index is 15.0. The van der Waals surface area contributed by atoms with Crippen molar-refractivity contribution in [3.8, 4) is 0 Å². The number of alkyl halides is 6. The van der Waals surface area contributed by atoms with E-state index in [1.807, 2.05) is 0 Å². The number of carbonyl (C=O) groups is 1. The number of allylic oxidation sites excluding steroid dienone is 1. The van der Waals surface area contributed by atoms with Gasteiger partial charge in [-0.05, 0) is 42.0 Å². The maximum atomic E-state index is 15.0.